The molecular formula is C22H21ClFN3O5. The molecule has 3 aliphatic rings. The van der Waals surface area contributed by atoms with Gasteiger partial charge >= 0.3 is 0 Å². The number of hydrogen-bond acceptors (Lipinski definition) is 5. The molecule has 2 aromatic rings. The zero-order chi connectivity index (χ0) is 22.7. The zero-order valence-electron chi connectivity index (χ0n) is 17.2. The summed E-state index contributed by atoms with van der Waals surface area (Å²) in [6.07, 6.45) is 3.24. The molecule has 32 heavy (non-hydrogen) atoms. The van der Waals surface area contributed by atoms with Crippen LogP contribution < -0.4 is 10.7 Å². The second-order valence-corrected chi connectivity index (χ2v) is 8.90. The molecule has 1 aromatic heterocycles. The highest BCUT2D eigenvalue weighted by Crippen LogP contribution is 2.38. The number of halogens is 2. The number of ether oxygens (including phenoxy) is 1. The topological polar surface area (TPSA) is 101 Å². The van der Waals surface area contributed by atoms with Gasteiger partial charge in [0, 0.05) is 29.4 Å². The molecule has 5 rings (SSSR count). The Morgan fingerprint density at radius 2 is 2.12 bits per heavy atom. The maximum atomic E-state index is 14.1. The third kappa shape index (κ3) is 3.27. The smallest absolute Gasteiger partial charge is 0.276 e. The van der Waals surface area contributed by atoms with Crippen molar-refractivity contribution in [1.29, 1.82) is 0 Å². The predicted octanol–water partition coefficient (Wildman–Crippen LogP) is 2.32. The fourth-order valence-electron chi connectivity index (χ4n) is 4.81. The van der Waals surface area contributed by atoms with Crippen molar-refractivity contribution in [2.75, 3.05) is 0 Å². The van der Waals surface area contributed by atoms with Crippen LogP contribution in [0.2, 0.25) is 5.02 Å². The minimum atomic E-state index is -0.954. The van der Waals surface area contributed by atoms with Crippen LogP contribution in [0.1, 0.15) is 51.2 Å². The fraction of sp³-hybridized carbons (Fsp3) is 0.409. The van der Waals surface area contributed by atoms with Crippen molar-refractivity contribution >= 4 is 23.4 Å². The van der Waals surface area contributed by atoms with Crippen LogP contribution in [0.5, 0.6) is 5.75 Å². The summed E-state index contributed by atoms with van der Waals surface area (Å²) in [6, 6.07) is 2.69. The Morgan fingerprint density at radius 1 is 1.34 bits per heavy atom. The molecular weight excluding hydrogens is 441 g/mol. The number of pyridine rings is 1. The summed E-state index contributed by atoms with van der Waals surface area (Å²) in [5, 5.41) is 13.4. The van der Waals surface area contributed by atoms with Crippen molar-refractivity contribution in [3.8, 4) is 5.75 Å². The van der Waals surface area contributed by atoms with Gasteiger partial charge in [0.25, 0.3) is 11.8 Å². The van der Waals surface area contributed by atoms with Gasteiger partial charge in [-0.15, -0.1) is 0 Å². The summed E-state index contributed by atoms with van der Waals surface area (Å²) in [5.41, 5.74) is -0.717. The van der Waals surface area contributed by atoms with E-state index < -0.39 is 35.0 Å². The van der Waals surface area contributed by atoms with Crippen LogP contribution in [0, 0.1) is 12.7 Å². The first kappa shape index (κ1) is 21.0. The number of aromatic hydroxyl groups is 1. The molecule has 2 amide bonds. The van der Waals surface area contributed by atoms with Crippen LogP contribution in [0.15, 0.2) is 23.1 Å². The van der Waals surface area contributed by atoms with Crippen LogP contribution in [0.3, 0.4) is 0 Å². The summed E-state index contributed by atoms with van der Waals surface area (Å²) >= 11 is 6.02. The first-order valence-corrected chi connectivity index (χ1v) is 10.8. The van der Waals surface area contributed by atoms with Gasteiger partial charge in [-0.05, 0) is 43.9 Å². The van der Waals surface area contributed by atoms with E-state index in [4.69, 9.17) is 16.3 Å². The molecule has 3 atom stereocenters. The highest BCUT2D eigenvalue weighted by molar-refractivity contribution is 6.31. The highest BCUT2D eigenvalue weighted by Gasteiger charge is 2.47. The van der Waals surface area contributed by atoms with E-state index in [1.807, 2.05) is 0 Å². The summed E-state index contributed by atoms with van der Waals surface area (Å²) in [6.45, 7) is 1.66. The Labute approximate surface area is 187 Å². The molecule has 0 unspecified atom stereocenters. The molecule has 2 bridgehead atoms. The van der Waals surface area contributed by atoms with E-state index >= 15 is 0 Å². The summed E-state index contributed by atoms with van der Waals surface area (Å²) in [5.74, 6) is -2.58. The molecule has 8 nitrogen and oxygen atoms in total. The van der Waals surface area contributed by atoms with E-state index in [0.717, 1.165) is 19.3 Å². The number of aryl methyl sites for hydroxylation is 1. The number of nitrogens with one attached hydrogen (secondary N) is 1. The number of fused-ring (bicyclic) bond motifs is 5. The van der Waals surface area contributed by atoms with Crippen molar-refractivity contribution in [2.45, 2.75) is 57.6 Å². The van der Waals surface area contributed by atoms with E-state index in [1.54, 1.807) is 11.8 Å². The number of rotatable bonds is 3. The number of aromatic nitrogens is 1. The number of benzene rings is 1. The van der Waals surface area contributed by atoms with Gasteiger partial charge in [-0.1, -0.05) is 11.6 Å². The number of amides is 2. The van der Waals surface area contributed by atoms with Gasteiger partial charge in [-0.2, -0.15) is 0 Å². The average Bonchev–Trinajstić information content (AvgIpc) is 3.12. The first-order valence-electron chi connectivity index (χ1n) is 10.4. The van der Waals surface area contributed by atoms with Crippen LogP contribution in [0.25, 0.3) is 0 Å². The van der Waals surface area contributed by atoms with Crippen molar-refractivity contribution in [2.24, 2.45) is 0 Å². The van der Waals surface area contributed by atoms with Gasteiger partial charge in [0.1, 0.15) is 11.4 Å². The SMILES string of the molecule is Cc1cc(F)c(CNC(=O)c2cn3c(c(O)c2=O)C(=O)N2[C@H]4CC[C@H](C4)O[C@@H]2C3)cc1Cl. The monoisotopic (exact) mass is 461 g/mol. The van der Waals surface area contributed by atoms with Crippen molar-refractivity contribution in [3.63, 3.8) is 0 Å². The van der Waals surface area contributed by atoms with Crippen LogP contribution in [0.4, 0.5) is 4.39 Å². The molecule has 2 N–H and O–H groups in total. The third-order valence-corrected chi connectivity index (χ3v) is 6.88. The quantitative estimate of drug-likeness (QED) is 0.730. The van der Waals surface area contributed by atoms with E-state index in [2.05, 4.69) is 5.32 Å². The van der Waals surface area contributed by atoms with Crippen molar-refractivity contribution in [3.05, 3.63) is 61.8 Å². The molecule has 0 spiro atoms. The molecule has 2 fully saturated rings. The molecule has 0 radical (unpaired) electrons. The lowest BCUT2D eigenvalue weighted by atomic mass is 10.1. The maximum Gasteiger partial charge on any atom is 0.276 e. The molecule has 3 heterocycles. The molecule has 1 aliphatic carbocycles. The summed E-state index contributed by atoms with van der Waals surface area (Å²) in [7, 11) is 0. The van der Waals surface area contributed by atoms with Gasteiger partial charge in [0.05, 0.1) is 12.6 Å². The molecule has 1 saturated heterocycles. The lowest BCUT2D eigenvalue weighted by molar-refractivity contribution is -0.132. The minimum absolute atomic E-state index is 0.0220. The lowest BCUT2D eigenvalue weighted by Crippen LogP contribution is -2.57. The Hall–Kier alpha value is -2.91. The number of nitrogens with zero attached hydrogens (tertiary/aromatic N) is 2. The van der Waals surface area contributed by atoms with Crippen molar-refractivity contribution in [1.82, 2.24) is 14.8 Å². The maximum absolute atomic E-state index is 14.1. The van der Waals surface area contributed by atoms with Gasteiger partial charge in [-0.3, -0.25) is 14.4 Å². The summed E-state index contributed by atoms with van der Waals surface area (Å²) < 4.78 is 21.5. The first-order chi connectivity index (χ1) is 15.2. The predicted molar refractivity (Wildman–Crippen MR) is 112 cm³/mol. The highest BCUT2D eigenvalue weighted by atomic mass is 35.5. The van der Waals surface area contributed by atoms with Gasteiger partial charge in [0.15, 0.2) is 17.7 Å². The Kier molecular flexibility index (Phi) is 4.98. The fourth-order valence-corrected chi connectivity index (χ4v) is 4.99. The second kappa shape index (κ2) is 7.60. The van der Waals surface area contributed by atoms with E-state index in [-0.39, 0.29) is 42.1 Å². The Morgan fingerprint density at radius 3 is 2.91 bits per heavy atom. The number of carbonyl (C=O) groups excluding carboxylic acids is 2. The molecule has 1 saturated carbocycles. The normalized spacial score (nSPS) is 23.7. The minimum Gasteiger partial charge on any atom is -0.503 e. The Balaban J connectivity index is 1.43. The number of hydrogen-bond donors (Lipinski definition) is 2. The standard InChI is InChI=1S/C22H21ClFN3O5/c1-10-4-16(24)11(5-15(10)23)7-25-21(30)14-8-26-9-17-27(12-2-3-13(6-12)32-17)22(31)18(26)20(29)19(14)28/h4-5,8,12-13,17,29H,2-3,6-7,9H2,1H3,(H,25,30)/t12-,13+,17+/m0/s1. The van der Waals surface area contributed by atoms with Crippen LogP contribution in [-0.2, 0) is 17.8 Å². The van der Waals surface area contributed by atoms with E-state index in [1.165, 1.54) is 22.9 Å². The van der Waals surface area contributed by atoms with Crippen LogP contribution >= 0.6 is 11.6 Å². The molecule has 10 heteroatoms. The van der Waals surface area contributed by atoms with Gasteiger partial charge in [0.2, 0.25) is 5.43 Å². The van der Waals surface area contributed by atoms with E-state index in [0.29, 0.717) is 10.6 Å². The number of carbonyl (C=O) groups is 2. The zero-order valence-corrected chi connectivity index (χ0v) is 18.0. The summed E-state index contributed by atoms with van der Waals surface area (Å²) in [4.78, 5) is 40.1. The Bertz CT molecular complexity index is 1210. The van der Waals surface area contributed by atoms with Gasteiger partial charge < -0.3 is 24.6 Å². The lowest BCUT2D eigenvalue weighted by Gasteiger charge is -2.44. The molecule has 2 aliphatic heterocycles. The second-order valence-electron chi connectivity index (χ2n) is 8.49. The largest absolute Gasteiger partial charge is 0.503 e. The molecule has 1 aromatic carbocycles. The van der Waals surface area contributed by atoms with Crippen molar-refractivity contribution < 1.29 is 23.8 Å². The molecule has 168 valence electrons. The van der Waals surface area contributed by atoms with Gasteiger partial charge in [-0.25, -0.2) is 4.39 Å². The van der Waals surface area contributed by atoms with Crippen LogP contribution in [-0.4, -0.2) is 44.8 Å². The van der Waals surface area contributed by atoms with E-state index in [9.17, 15) is 23.9 Å². The average molecular weight is 462 g/mol. The third-order valence-electron chi connectivity index (χ3n) is 6.47.